The van der Waals surface area contributed by atoms with Crippen molar-refractivity contribution in [3.05, 3.63) is 52.4 Å². The number of hydrogen-bond donors (Lipinski definition) is 0. The van der Waals surface area contributed by atoms with Crippen LogP contribution in [0, 0.1) is 10.8 Å². The average Bonchev–Trinajstić information content (AvgIpc) is 2.64. The summed E-state index contributed by atoms with van der Waals surface area (Å²) in [5.74, 6) is 0.815. The molecule has 0 fully saturated rings. The highest BCUT2D eigenvalue weighted by Crippen LogP contribution is 2.54. The van der Waals surface area contributed by atoms with Crippen molar-refractivity contribution in [3.63, 3.8) is 0 Å². The van der Waals surface area contributed by atoms with Gasteiger partial charge in [-0.25, -0.2) is 0 Å². The maximum atomic E-state index is 13.5. The van der Waals surface area contributed by atoms with Gasteiger partial charge >= 0.3 is 0 Å². The summed E-state index contributed by atoms with van der Waals surface area (Å²) in [6.07, 6.45) is 2.75. The van der Waals surface area contributed by atoms with Gasteiger partial charge in [-0.3, -0.25) is 9.59 Å². The average molecular weight is 408 g/mol. The maximum absolute atomic E-state index is 13.5. The zero-order chi connectivity index (χ0) is 21.8. The SMILES string of the molecule is CCN1C2=C(C(=O)CC(C)(C)C2)C(c2cccc(OC)c2)C2=C1CC(C)(C)CC2=O. The number of ether oxygens (including phenoxy) is 1. The third-order valence-corrected chi connectivity index (χ3v) is 6.77. The van der Waals surface area contributed by atoms with Crippen molar-refractivity contribution in [2.75, 3.05) is 13.7 Å². The lowest BCUT2D eigenvalue weighted by Gasteiger charge is -2.48. The van der Waals surface area contributed by atoms with Crippen LogP contribution in [-0.4, -0.2) is 30.1 Å². The van der Waals surface area contributed by atoms with E-state index in [-0.39, 0.29) is 28.3 Å². The molecule has 0 N–H and O–H groups in total. The van der Waals surface area contributed by atoms with E-state index in [2.05, 4.69) is 39.5 Å². The van der Waals surface area contributed by atoms with E-state index in [0.29, 0.717) is 12.8 Å². The topological polar surface area (TPSA) is 46.6 Å². The molecule has 0 amide bonds. The van der Waals surface area contributed by atoms with Crippen LogP contribution in [0.15, 0.2) is 46.8 Å². The molecule has 0 spiro atoms. The lowest BCUT2D eigenvalue weighted by Crippen LogP contribution is -2.44. The Morgan fingerprint density at radius 3 is 1.93 bits per heavy atom. The molecule has 30 heavy (non-hydrogen) atoms. The van der Waals surface area contributed by atoms with Crippen molar-refractivity contribution in [1.82, 2.24) is 4.90 Å². The number of carbonyl (C=O) groups is 2. The fourth-order valence-corrected chi connectivity index (χ4v) is 5.58. The van der Waals surface area contributed by atoms with E-state index >= 15 is 0 Å². The number of hydrogen-bond acceptors (Lipinski definition) is 4. The van der Waals surface area contributed by atoms with Crippen LogP contribution in [0.5, 0.6) is 5.75 Å². The molecule has 1 aromatic carbocycles. The van der Waals surface area contributed by atoms with E-state index in [1.807, 2.05) is 24.3 Å². The third-order valence-electron chi connectivity index (χ3n) is 6.77. The van der Waals surface area contributed by atoms with Crippen LogP contribution in [0.2, 0.25) is 0 Å². The molecule has 0 radical (unpaired) electrons. The number of nitrogens with zero attached hydrogens (tertiary/aromatic N) is 1. The smallest absolute Gasteiger partial charge is 0.162 e. The van der Waals surface area contributed by atoms with E-state index in [1.54, 1.807) is 7.11 Å². The Hall–Kier alpha value is -2.36. The number of rotatable bonds is 3. The van der Waals surface area contributed by atoms with Gasteiger partial charge in [-0.05, 0) is 48.3 Å². The fraction of sp³-hybridized carbons (Fsp3) is 0.538. The minimum atomic E-state index is -0.292. The first-order valence-corrected chi connectivity index (χ1v) is 11.0. The van der Waals surface area contributed by atoms with Crippen LogP contribution < -0.4 is 4.74 Å². The highest BCUT2D eigenvalue weighted by atomic mass is 16.5. The standard InChI is InChI=1S/C26H33NO3/c1-7-27-18-12-25(2,3)14-20(28)23(18)22(16-9-8-10-17(11-16)30-6)24-19(27)13-26(4,5)15-21(24)29/h8-11,22H,7,12-15H2,1-6H3. The zero-order valence-corrected chi connectivity index (χ0v) is 19.1. The van der Waals surface area contributed by atoms with Crippen LogP contribution >= 0.6 is 0 Å². The largest absolute Gasteiger partial charge is 0.497 e. The first kappa shape index (κ1) is 20.9. The second kappa shape index (κ2) is 7.11. The van der Waals surface area contributed by atoms with Crippen molar-refractivity contribution in [1.29, 1.82) is 0 Å². The Morgan fingerprint density at radius 1 is 0.933 bits per heavy atom. The van der Waals surface area contributed by atoms with Gasteiger partial charge < -0.3 is 9.64 Å². The van der Waals surface area contributed by atoms with Gasteiger partial charge in [-0.2, -0.15) is 0 Å². The number of Topliss-reactive ketones (excluding diaryl/α,β-unsaturated/α-hetero) is 2. The minimum absolute atomic E-state index is 0.0749. The van der Waals surface area contributed by atoms with Crippen LogP contribution in [0.4, 0.5) is 0 Å². The number of methoxy groups -OCH3 is 1. The molecular formula is C26H33NO3. The van der Waals surface area contributed by atoms with Gasteiger partial charge in [0.1, 0.15) is 5.75 Å². The molecule has 0 atom stereocenters. The molecule has 0 aromatic heterocycles. The van der Waals surface area contributed by atoms with E-state index in [1.165, 1.54) is 0 Å². The van der Waals surface area contributed by atoms with Crippen molar-refractivity contribution in [3.8, 4) is 5.75 Å². The third kappa shape index (κ3) is 3.40. The molecule has 2 aliphatic carbocycles. The molecule has 0 saturated carbocycles. The molecule has 4 nitrogen and oxygen atoms in total. The van der Waals surface area contributed by atoms with Crippen molar-refractivity contribution >= 4 is 11.6 Å². The monoisotopic (exact) mass is 407 g/mol. The summed E-state index contributed by atoms with van der Waals surface area (Å²) in [5, 5.41) is 0. The van der Waals surface area contributed by atoms with Crippen molar-refractivity contribution < 1.29 is 14.3 Å². The van der Waals surface area contributed by atoms with Gasteiger partial charge in [0.2, 0.25) is 0 Å². The van der Waals surface area contributed by atoms with Gasteiger partial charge in [0.05, 0.1) is 7.11 Å². The molecule has 1 heterocycles. The second-order valence-electron chi connectivity index (χ2n) is 10.6. The lowest BCUT2D eigenvalue weighted by atomic mass is 9.63. The Kier molecular flexibility index (Phi) is 4.95. The summed E-state index contributed by atoms with van der Waals surface area (Å²) in [6, 6.07) is 7.88. The van der Waals surface area contributed by atoms with Crippen molar-refractivity contribution in [2.24, 2.45) is 10.8 Å². The highest BCUT2D eigenvalue weighted by molar-refractivity contribution is 6.06. The van der Waals surface area contributed by atoms with Crippen LogP contribution in [0.1, 0.15) is 71.8 Å². The molecule has 1 aliphatic heterocycles. The van der Waals surface area contributed by atoms with E-state index < -0.39 is 0 Å². The number of benzene rings is 1. The number of ketones is 2. The molecule has 4 rings (SSSR count). The molecule has 1 aromatic rings. The fourth-order valence-electron chi connectivity index (χ4n) is 5.58. The number of carbonyl (C=O) groups excluding carboxylic acids is 2. The summed E-state index contributed by atoms with van der Waals surface area (Å²) in [5.41, 5.74) is 4.73. The Morgan fingerprint density at radius 2 is 1.47 bits per heavy atom. The predicted octanol–water partition coefficient (Wildman–Crippen LogP) is 5.40. The quantitative estimate of drug-likeness (QED) is 0.673. The lowest BCUT2D eigenvalue weighted by molar-refractivity contribution is -0.119. The van der Waals surface area contributed by atoms with Gasteiger partial charge in [0, 0.05) is 47.8 Å². The molecular weight excluding hydrogens is 374 g/mol. The summed E-state index contributed by atoms with van der Waals surface area (Å²) in [6.45, 7) is 11.6. The first-order valence-electron chi connectivity index (χ1n) is 11.0. The second-order valence-corrected chi connectivity index (χ2v) is 10.6. The van der Waals surface area contributed by atoms with Crippen LogP contribution in [0.25, 0.3) is 0 Å². The molecule has 0 saturated heterocycles. The number of allylic oxidation sites excluding steroid dienone is 4. The summed E-state index contributed by atoms with van der Waals surface area (Å²) >= 11 is 0. The first-order chi connectivity index (χ1) is 14.1. The van der Waals surface area contributed by atoms with Crippen LogP contribution in [0.3, 0.4) is 0 Å². The Bertz CT molecular complexity index is 926. The normalized spacial score (nSPS) is 23.5. The van der Waals surface area contributed by atoms with Crippen LogP contribution in [-0.2, 0) is 9.59 Å². The van der Waals surface area contributed by atoms with E-state index in [0.717, 1.165) is 53.2 Å². The molecule has 3 aliphatic rings. The predicted molar refractivity (Wildman–Crippen MR) is 118 cm³/mol. The van der Waals surface area contributed by atoms with Gasteiger partial charge in [-0.15, -0.1) is 0 Å². The molecule has 160 valence electrons. The van der Waals surface area contributed by atoms with E-state index in [9.17, 15) is 9.59 Å². The molecule has 0 unspecified atom stereocenters. The summed E-state index contributed by atoms with van der Waals surface area (Å²) in [7, 11) is 1.65. The van der Waals surface area contributed by atoms with Gasteiger partial charge in [0.15, 0.2) is 11.6 Å². The van der Waals surface area contributed by atoms with Crippen molar-refractivity contribution in [2.45, 2.75) is 66.2 Å². The Labute approximate surface area is 180 Å². The highest BCUT2D eigenvalue weighted by Gasteiger charge is 2.48. The molecule has 4 heteroatoms. The van der Waals surface area contributed by atoms with Gasteiger partial charge in [-0.1, -0.05) is 39.8 Å². The summed E-state index contributed by atoms with van der Waals surface area (Å²) in [4.78, 5) is 29.3. The Balaban J connectivity index is 1.99. The zero-order valence-electron chi connectivity index (χ0n) is 19.1. The molecule has 0 bridgehead atoms. The van der Waals surface area contributed by atoms with Gasteiger partial charge in [0.25, 0.3) is 0 Å². The summed E-state index contributed by atoms with van der Waals surface area (Å²) < 4.78 is 5.47. The van der Waals surface area contributed by atoms with E-state index in [4.69, 9.17) is 4.74 Å². The minimum Gasteiger partial charge on any atom is -0.497 e. The maximum Gasteiger partial charge on any atom is 0.162 e.